The predicted molar refractivity (Wildman–Crippen MR) is 98.8 cm³/mol. The van der Waals surface area contributed by atoms with E-state index < -0.39 is 9.84 Å². The maximum atomic E-state index is 12.7. The molecule has 0 fully saturated rings. The quantitative estimate of drug-likeness (QED) is 0.693. The van der Waals surface area contributed by atoms with E-state index in [4.69, 9.17) is 14.2 Å². The molecular formula is C19H19NO5S. The number of ether oxygens (including phenoxy) is 3. The number of rotatable bonds is 7. The molecule has 26 heavy (non-hydrogen) atoms. The first-order valence-electron chi connectivity index (χ1n) is 7.63. The lowest BCUT2D eigenvalue weighted by Gasteiger charge is -2.11. The van der Waals surface area contributed by atoms with E-state index >= 15 is 0 Å². The summed E-state index contributed by atoms with van der Waals surface area (Å²) in [6.45, 7) is 0. The largest absolute Gasteiger partial charge is 0.497 e. The zero-order valence-corrected chi connectivity index (χ0v) is 15.5. The second-order valence-corrected chi connectivity index (χ2v) is 7.26. The summed E-state index contributed by atoms with van der Waals surface area (Å²) in [5, 5.41) is 9.41. The molecule has 7 heteroatoms. The van der Waals surface area contributed by atoms with E-state index in [9.17, 15) is 13.7 Å². The van der Waals surface area contributed by atoms with Gasteiger partial charge in [-0.25, -0.2) is 8.42 Å². The summed E-state index contributed by atoms with van der Waals surface area (Å²) >= 11 is 0. The molecule has 0 bridgehead atoms. The van der Waals surface area contributed by atoms with Crippen molar-refractivity contribution in [1.82, 2.24) is 0 Å². The second-order valence-electron chi connectivity index (χ2n) is 5.30. The highest BCUT2D eigenvalue weighted by Gasteiger charge is 2.20. The Labute approximate surface area is 153 Å². The van der Waals surface area contributed by atoms with Gasteiger partial charge in [0.1, 0.15) is 28.2 Å². The first kappa shape index (κ1) is 19.3. The van der Waals surface area contributed by atoms with Crippen molar-refractivity contribution in [1.29, 1.82) is 5.26 Å². The van der Waals surface area contributed by atoms with Crippen LogP contribution in [-0.2, 0) is 15.6 Å². The van der Waals surface area contributed by atoms with Crippen molar-refractivity contribution in [2.45, 2.75) is 5.75 Å². The molecule has 0 saturated heterocycles. The third-order valence-corrected chi connectivity index (χ3v) is 5.30. The van der Waals surface area contributed by atoms with Crippen LogP contribution in [0.25, 0.3) is 6.08 Å². The normalized spacial score (nSPS) is 11.5. The van der Waals surface area contributed by atoms with Gasteiger partial charge in [0, 0.05) is 0 Å². The molecular weight excluding hydrogens is 354 g/mol. The molecule has 0 amide bonds. The minimum absolute atomic E-state index is 0.298. The van der Waals surface area contributed by atoms with Crippen LogP contribution in [0.2, 0.25) is 0 Å². The van der Waals surface area contributed by atoms with Crippen molar-refractivity contribution in [3.05, 3.63) is 58.5 Å². The van der Waals surface area contributed by atoms with E-state index in [-0.39, 0.29) is 10.7 Å². The number of nitriles is 1. The van der Waals surface area contributed by atoms with Crippen molar-refractivity contribution in [2.24, 2.45) is 0 Å². The Kier molecular flexibility index (Phi) is 6.26. The SMILES string of the molecule is COc1ccc(CS(=O)(=O)C(C#N)=Cc2c(OC)cccc2OC)cc1. The fourth-order valence-electron chi connectivity index (χ4n) is 2.36. The predicted octanol–water partition coefficient (Wildman–Crippen LogP) is 3.19. The summed E-state index contributed by atoms with van der Waals surface area (Å²) in [6, 6.07) is 13.5. The molecule has 0 aliphatic heterocycles. The van der Waals surface area contributed by atoms with Gasteiger partial charge >= 0.3 is 0 Å². The Balaban J connectivity index is 2.43. The van der Waals surface area contributed by atoms with Gasteiger partial charge in [0.15, 0.2) is 9.84 Å². The molecule has 2 aromatic carbocycles. The molecule has 0 saturated carbocycles. The summed E-state index contributed by atoms with van der Waals surface area (Å²) < 4.78 is 40.9. The Morgan fingerprint density at radius 1 is 1.00 bits per heavy atom. The molecule has 0 aliphatic rings. The van der Waals surface area contributed by atoms with E-state index in [0.717, 1.165) is 0 Å². The fraction of sp³-hybridized carbons (Fsp3) is 0.211. The summed E-state index contributed by atoms with van der Waals surface area (Å²) in [5.74, 6) is 1.16. The Morgan fingerprint density at radius 2 is 1.58 bits per heavy atom. The van der Waals surface area contributed by atoms with Crippen LogP contribution in [0, 0.1) is 11.3 Å². The number of hydrogen-bond donors (Lipinski definition) is 0. The topological polar surface area (TPSA) is 85.6 Å². The van der Waals surface area contributed by atoms with Crippen LogP contribution in [0.15, 0.2) is 47.4 Å². The molecule has 0 spiro atoms. The monoisotopic (exact) mass is 373 g/mol. The molecule has 0 N–H and O–H groups in total. The first-order chi connectivity index (χ1) is 12.4. The molecule has 0 aliphatic carbocycles. The van der Waals surface area contributed by atoms with E-state index in [0.29, 0.717) is 28.4 Å². The van der Waals surface area contributed by atoms with Gasteiger partial charge in [-0.05, 0) is 35.9 Å². The van der Waals surface area contributed by atoms with Gasteiger partial charge in [-0.2, -0.15) is 5.26 Å². The van der Waals surface area contributed by atoms with E-state index in [1.807, 2.05) is 0 Å². The Bertz CT molecular complexity index is 919. The molecule has 6 nitrogen and oxygen atoms in total. The van der Waals surface area contributed by atoms with Crippen molar-refractivity contribution in [3.63, 3.8) is 0 Å². The molecule has 136 valence electrons. The van der Waals surface area contributed by atoms with E-state index in [1.54, 1.807) is 48.5 Å². The zero-order valence-electron chi connectivity index (χ0n) is 14.7. The van der Waals surface area contributed by atoms with Crippen LogP contribution >= 0.6 is 0 Å². The van der Waals surface area contributed by atoms with Crippen LogP contribution in [0.4, 0.5) is 0 Å². The van der Waals surface area contributed by atoms with Gasteiger partial charge in [-0.1, -0.05) is 18.2 Å². The average molecular weight is 373 g/mol. The minimum atomic E-state index is -3.85. The Morgan fingerprint density at radius 3 is 2.04 bits per heavy atom. The van der Waals surface area contributed by atoms with Gasteiger partial charge in [0.05, 0.1) is 32.6 Å². The minimum Gasteiger partial charge on any atom is -0.497 e. The van der Waals surface area contributed by atoms with Crippen LogP contribution in [0.3, 0.4) is 0 Å². The lowest BCUT2D eigenvalue weighted by atomic mass is 10.1. The standard InChI is InChI=1S/C19H19NO5S/c1-23-15-9-7-14(8-10-15)13-26(21,22)16(12-20)11-17-18(24-2)5-4-6-19(17)25-3/h4-11H,13H2,1-3H3. The van der Waals surface area contributed by atoms with Crippen molar-refractivity contribution < 1.29 is 22.6 Å². The molecule has 0 aromatic heterocycles. The summed E-state index contributed by atoms with van der Waals surface area (Å²) in [7, 11) is 0.610. The fourth-order valence-corrected chi connectivity index (χ4v) is 3.59. The highest BCUT2D eigenvalue weighted by atomic mass is 32.2. The summed E-state index contributed by atoms with van der Waals surface area (Å²) in [5.41, 5.74) is 0.950. The van der Waals surface area contributed by atoms with Crippen LogP contribution < -0.4 is 14.2 Å². The van der Waals surface area contributed by atoms with Gasteiger partial charge in [0.25, 0.3) is 0 Å². The van der Waals surface area contributed by atoms with Crippen molar-refractivity contribution >= 4 is 15.9 Å². The molecule has 0 unspecified atom stereocenters. The third kappa shape index (κ3) is 4.35. The molecule has 2 rings (SSSR count). The molecule has 0 radical (unpaired) electrons. The third-order valence-electron chi connectivity index (χ3n) is 3.70. The number of nitrogens with zero attached hydrogens (tertiary/aromatic N) is 1. The lowest BCUT2D eigenvalue weighted by molar-refractivity contribution is 0.392. The van der Waals surface area contributed by atoms with Gasteiger partial charge < -0.3 is 14.2 Å². The number of allylic oxidation sites excluding steroid dienone is 1. The number of benzene rings is 2. The average Bonchev–Trinajstić information content (AvgIpc) is 2.65. The number of methoxy groups -OCH3 is 3. The van der Waals surface area contributed by atoms with Crippen LogP contribution in [-0.4, -0.2) is 29.7 Å². The first-order valence-corrected chi connectivity index (χ1v) is 9.29. The van der Waals surface area contributed by atoms with Gasteiger partial charge in [-0.15, -0.1) is 0 Å². The van der Waals surface area contributed by atoms with E-state index in [1.165, 1.54) is 27.4 Å². The smallest absolute Gasteiger partial charge is 0.192 e. The molecule has 0 heterocycles. The lowest BCUT2D eigenvalue weighted by Crippen LogP contribution is -2.07. The van der Waals surface area contributed by atoms with E-state index in [2.05, 4.69) is 0 Å². The summed E-state index contributed by atoms with van der Waals surface area (Å²) in [4.78, 5) is -0.365. The number of sulfone groups is 1. The van der Waals surface area contributed by atoms with Crippen molar-refractivity contribution in [2.75, 3.05) is 21.3 Å². The molecule has 0 atom stereocenters. The maximum Gasteiger partial charge on any atom is 0.192 e. The van der Waals surface area contributed by atoms with Crippen molar-refractivity contribution in [3.8, 4) is 23.3 Å². The highest BCUT2D eigenvalue weighted by Crippen LogP contribution is 2.31. The highest BCUT2D eigenvalue weighted by molar-refractivity contribution is 7.95. The zero-order chi connectivity index (χ0) is 19.2. The van der Waals surface area contributed by atoms with Crippen LogP contribution in [0.5, 0.6) is 17.2 Å². The molecule has 2 aromatic rings. The number of hydrogen-bond acceptors (Lipinski definition) is 6. The maximum absolute atomic E-state index is 12.7. The van der Waals surface area contributed by atoms with Gasteiger partial charge in [-0.3, -0.25) is 0 Å². The summed E-state index contributed by atoms with van der Waals surface area (Å²) in [6.07, 6.45) is 1.27. The second kappa shape index (κ2) is 8.41. The Hall–Kier alpha value is -2.98. The van der Waals surface area contributed by atoms with Gasteiger partial charge in [0.2, 0.25) is 0 Å². The van der Waals surface area contributed by atoms with Crippen LogP contribution in [0.1, 0.15) is 11.1 Å².